The number of pyridine rings is 1. The lowest BCUT2D eigenvalue weighted by Gasteiger charge is -2.20. The largest absolute Gasteiger partial charge is 0.454 e. The summed E-state index contributed by atoms with van der Waals surface area (Å²) in [5.41, 5.74) is 9.06. The topological polar surface area (TPSA) is 26.0 Å². The molecule has 30 heavy (non-hydrogen) atoms. The number of benzene rings is 2. The molecule has 0 spiro atoms. The summed E-state index contributed by atoms with van der Waals surface area (Å²) in [6.45, 7) is 15.6. The maximum absolute atomic E-state index is 6.11. The molecular weight excluding hydrogens is 366 g/mol. The van der Waals surface area contributed by atoms with E-state index in [9.17, 15) is 0 Å². The van der Waals surface area contributed by atoms with Crippen molar-refractivity contribution in [3.63, 3.8) is 0 Å². The molecule has 2 aromatic carbocycles. The molecular formula is C28H31NO. The van der Waals surface area contributed by atoms with Gasteiger partial charge in [-0.25, -0.2) is 4.98 Å². The van der Waals surface area contributed by atoms with E-state index in [1.807, 2.05) is 12.1 Å². The molecule has 0 amide bonds. The number of aromatic nitrogens is 1. The lowest BCUT2D eigenvalue weighted by molar-refractivity contribution is 0.589. The first-order valence-electron chi connectivity index (χ1n) is 10.6. The molecule has 0 bridgehead atoms. The van der Waals surface area contributed by atoms with Crippen molar-refractivity contribution in [3.05, 3.63) is 77.4 Å². The molecule has 0 saturated heterocycles. The Morgan fingerprint density at radius 3 is 1.97 bits per heavy atom. The molecule has 2 heteroatoms. The molecule has 0 aliphatic heterocycles. The van der Waals surface area contributed by atoms with Crippen LogP contribution in [-0.4, -0.2) is 4.98 Å². The highest BCUT2D eigenvalue weighted by Crippen LogP contribution is 2.32. The number of rotatable bonds is 2. The van der Waals surface area contributed by atoms with E-state index in [0.29, 0.717) is 0 Å². The number of hydrogen-bond donors (Lipinski definition) is 0. The Kier molecular flexibility index (Phi) is 4.85. The highest BCUT2D eigenvalue weighted by molar-refractivity contribution is 5.82. The monoisotopic (exact) mass is 397 g/mol. The van der Waals surface area contributed by atoms with Crippen LogP contribution >= 0.6 is 0 Å². The van der Waals surface area contributed by atoms with E-state index >= 15 is 0 Å². The van der Waals surface area contributed by atoms with Crippen LogP contribution in [0.5, 0.6) is 0 Å². The van der Waals surface area contributed by atoms with Crippen molar-refractivity contribution in [2.24, 2.45) is 0 Å². The van der Waals surface area contributed by atoms with Gasteiger partial charge in [0.2, 0.25) is 0 Å². The van der Waals surface area contributed by atoms with Crippen molar-refractivity contribution < 1.29 is 4.42 Å². The molecule has 154 valence electrons. The van der Waals surface area contributed by atoms with Crippen LogP contribution in [-0.2, 0) is 10.8 Å². The summed E-state index contributed by atoms with van der Waals surface area (Å²) in [7, 11) is 0. The van der Waals surface area contributed by atoms with Crippen LogP contribution in [0.2, 0.25) is 0 Å². The molecule has 0 N–H and O–H groups in total. The first-order chi connectivity index (χ1) is 14.0. The van der Waals surface area contributed by atoms with E-state index in [1.165, 1.54) is 16.7 Å². The normalized spacial score (nSPS) is 12.5. The summed E-state index contributed by atoms with van der Waals surface area (Å²) < 4.78 is 6.11. The van der Waals surface area contributed by atoms with E-state index in [-0.39, 0.29) is 10.8 Å². The number of fused-ring (bicyclic) bond motifs is 1. The van der Waals surface area contributed by atoms with Crippen LogP contribution in [0.3, 0.4) is 0 Å². The second-order valence-electron chi connectivity index (χ2n) is 10.4. The van der Waals surface area contributed by atoms with Gasteiger partial charge in [-0.1, -0.05) is 77.4 Å². The fraction of sp³-hybridized carbons (Fsp3) is 0.321. The van der Waals surface area contributed by atoms with Gasteiger partial charge in [-0.05, 0) is 53.1 Å². The quantitative estimate of drug-likeness (QED) is 0.342. The number of furan rings is 1. The van der Waals surface area contributed by atoms with Crippen molar-refractivity contribution >= 4 is 11.1 Å². The second kappa shape index (κ2) is 7.12. The van der Waals surface area contributed by atoms with Crippen LogP contribution in [0.4, 0.5) is 0 Å². The Morgan fingerprint density at radius 2 is 1.33 bits per heavy atom. The van der Waals surface area contributed by atoms with Crippen molar-refractivity contribution in [2.75, 3.05) is 0 Å². The van der Waals surface area contributed by atoms with Gasteiger partial charge in [-0.3, -0.25) is 0 Å². The van der Waals surface area contributed by atoms with Crippen LogP contribution in [0, 0.1) is 6.92 Å². The highest BCUT2D eigenvalue weighted by atomic mass is 16.3. The average molecular weight is 398 g/mol. The Balaban J connectivity index is 1.72. The van der Waals surface area contributed by atoms with Crippen LogP contribution < -0.4 is 0 Å². The molecule has 0 unspecified atom stereocenters. The lowest BCUT2D eigenvalue weighted by Crippen LogP contribution is -2.11. The van der Waals surface area contributed by atoms with Gasteiger partial charge in [0.1, 0.15) is 11.3 Å². The SMILES string of the molecule is Cc1cc(-c2ccc3oc(-c4ccc(C(C)(C)C)cc4)cc3n2)cc(C(C)(C)C)c1. The van der Waals surface area contributed by atoms with Crippen molar-refractivity contribution in [1.29, 1.82) is 0 Å². The van der Waals surface area contributed by atoms with Gasteiger partial charge in [-0.2, -0.15) is 0 Å². The van der Waals surface area contributed by atoms with Crippen molar-refractivity contribution in [2.45, 2.75) is 59.3 Å². The fourth-order valence-corrected chi connectivity index (χ4v) is 3.73. The first kappa shape index (κ1) is 20.4. The third-order valence-corrected chi connectivity index (χ3v) is 5.65. The van der Waals surface area contributed by atoms with Gasteiger partial charge in [0.15, 0.2) is 5.58 Å². The molecule has 2 nitrogen and oxygen atoms in total. The Labute approximate surface area is 180 Å². The molecule has 0 atom stereocenters. The van der Waals surface area contributed by atoms with Gasteiger partial charge >= 0.3 is 0 Å². The standard InChI is InChI=1S/C28H31NO/c1-18-14-20(16-22(15-18)28(5,6)7)23-12-13-25-24(29-23)17-26(30-25)19-8-10-21(11-9-19)27(2,3)4/h8-17H,1-7H3. The summed E-state index contributed by atoms with van der Waals surface area (Å²) >= 11 is 0. The minimum Gasteiger partial charge on any atom is -0.454 e. The highest BCUT2D eigenvalue weighted by Gasteiger charge is 2.17. The maximum atomic E-state index is 6.11. The minimum atomic E-state index is 0.104. The van der Waals surface area contributed by atoms with Crippen LogP contribution in [0.25, 0.3) is 33.7 Å². The summed E-state index contributed by atoms with van der Waals surface area (Å²) in [5, 5.41) is 0. The Hall–Kier alpha value is -2.87. The van der Waals surface area contributed by atoms with Crippen molar-refractivity contribution in [1.82, 2.24) is 4.98 Å². The Bertz CT molecular complexity index is 1200. The van der Waals surface area contributed by atoms with Crippen molar-refractivity contribution in [3.8, 4) is 22.6 Å². The molecule has 0 radical (unpaired) electrons. The summed E-state index contributed by atoms with van der Waals surface area (Å²) in [5.74, 6) is 0.856. The van der Waals surface area contributed by atoms with E-state index in [4.69, 9.17) is 9.40 Å². The van der Waals surface area contributed by atoms with Gasteiger partial charge in [-0.15, -0.1) is 0 Å². The number of aryl methyl sites for hydroxylation is 1. The zero-order valence-corrected chi connectivity index (χ0v) is 19.1. The predicted molar refractivity (Wildman–Crippen MR) is 127 cm³/mol. The summed E-state index contributed by atoms with van der Waals surface area (Å²) in [4.78, 5) is 4.92. The van der Waals surface area contributed by atoms with E-state index in [0.717, 1.165) is 33.7 Å². The molecule has 0 fully saturated rings. The Morgan fingerprint density at radius 1 is 0.667 bits per heavy atom. The molecule has 0 saturated carbocycles. The second-order valence-corrected chi connectivity index (χ2v) is 10.4. The van der Waals surface area contributed by atoms with Crippen LogP contribution in [0.1, 0.15) is 58.2 Å². The number of nitrogens with zero attached hydrogens (tertiary/aromatic N) is 1. The third kappa shape index (κ3) is 4.05. The third-order valence-electron chi connectivity index (χ3n) is 5.65. The molecule has 4 aromatic rings. The lowest BCUT2D eigenvalue weighted by atomic mass is 9.85. The maximum Gasteiger partial charge on any atom is 0.153 e. The van der Waals surface area contributed by atoms with Gasteiger partial charge < -0.3 is 4.42 Å². The molecule has 0 aliphatic carbocycles. The van der Waals surface area contributed by atoms with Crippen LogP contribution in [0.15, 0.2) is 65.1 Å². The smallest absolute Gasteiger partial charge is 0.153 e. The zero-order chi connectivity index (χ0) is 21.7. The molecule has 2 heterocycles. The van der Waals surface area contributed by atoms with E-state index < -0.39 is 0 Å². The predicted octanol–water partition coefficient (Wildman–Crippen LogP) is 8.07. The van der Waals surface area contributed by atoms with Gasteiger partial charge in [0.05, 0.1) is 5.69 Å². The minimum absolute atomic E-state index is 0.104. The molecule has 2 aromatic heterocycles. The first-order valence-corrected chi connectivity index (χ1v) is 10.6. The molecule has 0 aliphatic rings. The summed E-state index contributed by atoms with van der Waals surface area (Å²) in [6.07, 6.45) is 0. The van der Waals surface area contributed by atoms with E-state index in [2.05, 4.69) is 97.0 Å². The van der Waals surface area contributed by atoms with Gasteiger partial charge in [0.25, 0.3) is 0 Å². The van der Waals surface area contributed by atoms with Gasteiger partial charge in [0, 0.05) is 17.2 Å². The van der Waals surface area contributed by atoms with E-state index in [1.54, 1.807) is 0 Å². The average Bonchev–Trinajstić information content (AvgIpc) is 3.09. The number of hydrogen-bond acceptors (Lipinski definition) is 2. The summed E-state index contributed by atoms with van der Waals surface area (Å²) in [6, 6.07) is 21.5. The zero-order valence-electron chi connectivity index (χ0n) is 19.1. The fourth-order valence-electron chi connectivity index (χ4n) is 3.73. The molecule has 4 rings (SSSR count).